The van der Waals surface area contributed by atoms with Crippen molar-refractivity contribution in [2.24, 2.45) is 7.05 Å². The number of pyridine rings is 1. The van der Waals surface area contributed by atoms with Gasteiger partial charge in [0.1, 0.15) is 0 Å². The van der Waals surface area contributed by atoms with Crippen LogP contribution in [-0.2, 0) is 7.05 Å². The van der Waals surface area contributed by atoms with Crippen LogP contribution in [0, 0.1) is 0 Å². The van der Waals surface area contributed by atoms with Crippen LogP contribution in [0.2, 0.25) is 0 Å². The lowest BCUT2D eigenvalue weighted by molar-refractivity contribution is 0.0665. The Morgan fingerprint density at radius 1 is 0.966 bits per heavy atom. The van der Waals surface area contributed by atoms with Crippen molar-refractivity contribution in [2.45, 2.75) is 0 Å². The summed E-state index contributed by atoms with van der Waals surface area (Å²) < 4.78 is 1.72. The second kappa shape index (κ2) is 8.14. The monoisotopic (exact) mass is 390 g/mol. The lowest BCUT2D eigenvalue weighted by atomic mass is 10.1. The van der Waals surface area contributed by atoms with Crippen LogP contribution in [0.5, 0.6) is 0 Å². The van der Waals surface area contributed by atoms with Crippen molar-refractivity contribution >= 4 is 17.6 Å². The number of piperazine rings is 1. The molecule has 148 valence electrons. The number of aryl methyl sites for hydroxylation is 1. The molecule has 0 bridgehead atoms. The second-order valence-electron chi connectivity index (χ2n) is 6.86. The van der Waals surface area contributed by atoms with Crippen LogP contribution < -0.4 is 5.32 Å². The topological polar surface area (TPSA) is 83.4 Å². The first-order valence-corrected chi connectivity index (χ1v) is 9.46. The van der Waals surface area contributed by atoms with Gasteiger partial charge in [0, 0.05) is 39.4 Å². The number of aromatic nitrogens is 3. The average molecular weight is 390 g/mol. The predicted molar refractivity (Wildman–Crippen MR) is 109 cm³/mol. The van der Waals surface area contributed by atoms with Crippen molar-refractivity contribution in [3.8, 4) is 11.3 Å². The summed E-state index contributed by atoms with van der Waals surface area (Å²) >= 11 is 0. The van der Waals surface area contributed by atoms with Crippen molar-refractivity contribution in [2.75, 3.05) is 31.5 Å². The van der Waals surface area contributed by atoms with Crippen molar-refractivity contribution < 1.29 is 9.59 Å². The zero-order valence-electron chi connectivity index (χ0n) is 16.2. The van der Waals surface area contributed by atoms with E-state index in [1.807, 2.05) is 43.4 Å². The van der Waals surface area contributed by atoms with Crippen LogP contribution >= 0.6 is 0 Å². The summed E-state index contributed by atoms with van der Waals surface area (Å²) in [4.78, 5) is 32.7. The maximum Gasteiger partial charge on any atom is 0.322 e. The van der Waals surface area contributed by atoms with Gasteiger partial charge in [-0.25, -0.2) is 4.79 Å². The SMILES string of the molecule is Cn1nc(C(=O)N2CCN(C(=O)Nc3cccnc3)CC2)cc1-c1ccccc1. The van der Waals surface area contributed by atoms with E-state index in [1.54, 1.807) is 39.0 Å². The van der Waals surface area contributed by atoms with E-state index in [0.29, 0.717) is 37.6 Å². The molecule has 29 heavy (non-hydrogen) atoms. The van der Waals surface area contributed by atoms with Gasteiger partial charge in [0.2, 0.25) is 0 Å². The molecule has 1 aliphatic rings. The molecule has 0 saturated carbocycles. The highest BCUT2D eigenvalue weighted by Gasteiger charge is 2.26. The van der Waals surface area contributed by atoms with Crippen molar-refractivity contribution in [1.82, 2.24) is 24.6 Å². The Kier molecular flexibility index (Phi) is 5.24. The lowest BCUT2D eigenvalue weighted by Gasteiger charge is -2.34. The minimum absolute atomic E-state index is 0.116. The quantitative estimate of drug-likeness (QED) is 0.745. The number of amides is 3. The number of carbonyl (C=O) groups excluding carboxylic acids is 2. The molecule has 0 spiro atoms. The Bertz CT molecular complexity index is 995. The number of hydrogen-bond acceptors (Lipinski definition) is 4. The van der Waals surface area contributed by atoms with E-state index >= 15 is 0 Å². The standard InChI is InChI=1S/C21H22N6O2/c1-25-19(16-6-3-2-4-7-16)14-18(24-25)20(28)26-10-12-27(13-11-26)21(29)23-17-8-5-9-22-15-17/h2-9,14-15H,10-13H2,1H3,(H,23,29). The molecule has 3 amide bonds. The number of benzene rings is 1. The molecular formula is C21H22N6O2. The van der Waals surface area contributed by atoms with Gasteiger partial charge < -0.3 is 15.1 Å². The smallest absolute Gasteiger partial charge is 0.322 e. The molecule has 8 heteroatoms. The normalized spacial score (nSPS) is 14.0. The summed E-state index contributed by atoms with van der Waals surface area (Å²) in [5.41, 5.74) is 2.97. The van der Waals surface area contributed by atoms with Gasteiger partial charge >= 0.3 is 6.03 Å². The summed E-state index contributed by atoms with van der Waals surface area (Å²) in [5.74, 6) is -0.116. The molecule has 1 aromatic carbocycles. The number of urea groups is 1. The molecule has 3 aromatic rings. The van der Waals surface area contributed by atoms with Crippen molar-refractivity contribution in [1.29, 1.82) is 0 Å². The van der Waals surface area contributed by atoms with E-state index in [1.165, 1.54) is 0 Å². The molecule has 1 fully saturated rings. The average Bonchev–Trinajstić information content (AvgIpc) is 3.16. The molecule has 0 unspecified atom stereocenters. The highest BCUT2D eigenvalue weighted by atomic mass is 16.2. The fourth-order valence-electron chi connectivity index (χ4n) is 3.36. The first-order chi connectivity index (χ1) is 14.1. The second-order valence-corrected chi connectivity index (χ2v) is 6.86. The van der Waals surface area contributed by atoms with Crippen LogP contribution in [0.25, 0.3) is 11.3 Å². The zero-order valence-corrected chi connectivity index (χ0v) is 16.2. The van der Waals surface area contributed by atoms with E-state index in [0.717, 1.165) is 11.3 Å². The number of nitrogens with one attached hydrogen (secondary N) is 1. The molecule has 1 N–H and O–H groups in total. The Balaban J connectivity index is 1.38. The molecule has 2 aromatic heterocycles. The Morgan fingerprint density at radius 3 is 2.38 bits per heavy atom. The van der Waals surface area contributed by atoms with Gasteiger partial charge in [-0.05, 0) is 23.8 Å². The molecule has 0 radical (unpaired) electrons. The molecule has 0 aliphatic carbocycles. The number of anilines is 1. The Labute approximate surface area is 168 Å². The van der Waals surface area contributed by atoms with Crippen molar-refractivity contribution in [3.05, 3.63) is 66.6 Å². The van der Waals surface area contributed by atoms with E-state index < -0.39 is 0 Å². The minimum Gasteiger partial charge on any atom is -0.334 e. The molecule has 0 atom stereocenters. The Morgan fingerprint density at radius 2 is 1.69 bits per heavy atom. The third-order valence-electron chi connectivity index (χ3n) is 4.94. The van der Waals surface area contributed by atoms with Gasteiger partial charge in [0.05, 0.1) is 17.6 Å². The number of rotatable bonds is 3. The van der Waals surface area contributed by atoms with Crippen LogP contribution in [0.4, 0.5) is 10.5 Å². The van der Waals surface area contributed by atoms with Gasteiger partial charge in [-0.15, -0.1) is 0 Å². The van der Waals surface area contributed by atoms with Gasteiger partial charge in [0.25, 0.3) is 5.91 Å². The Hall–Kier alpha value is -3.68. The van der Waals surface area contributed by atoms with Crippen LogP contribution in [0.3, 0.4) is 0 Å². The van der Waals surface area contributed by atoms with Crippen LogP contribution in [-0.4, -0.2) is 62.7 Å². The first kappa shape index (κ1) is 18.7. The van der Waals surface area contributed by atoms with E-state index in [-0.39, 0.29) is 11.9 Å². The fourth-order valence-corrected chi connectivity index (χ4v) is 3.36. The number of carbonyl (C=O) groups is 2. The lowest BCUT2D eigenvalue weighted by Crippen LogP contribution is -2.51. The minimum atomic E-state index is -0.186. The van der Waals surface area contributed by atoms with Gasteiger partial charge in [-0.2, -0.15) is 5.10 Å². The van der Waals surface area contributed by atoms with Gasteiger partial charge in [0.15, 0.2) is 5.69 Å². The molecule has 1 saturated heterocycles. The van der Waals surface area contributed by atoms with Crippen molar-refractivity contribution in [3.63, 3.8) is 0 Å². The number of hydrogen-bond donors (Lipinski definition) is 1. The van der Waals surface area contributed by atoms with E-state index in [9.17, 15) is 9.59 Å². The highest BCUT2D eigenvalue weighted by molar-refractivity contribution is 5.94. The highest BCUT2D eigenvalue weighted by Crippen LogP contribution is 2.20. The maximum absolute atomic E-state index is 12.9. The zero-order chi connectivity index (χ0) is 20.2. The largest absolute Gasteiger partial charge is 0.334 e. The summed E-state index contributed by atoms with van der Waals surface area (Å²) in [7, 11) is 1.83. The van der Waals surface area contributed by atoms with Gasteiger partial charge in [-0.1, -0.05) is 30.3 Å². The maximum atomic E-state index is 12.9. The van der Waals surface area contributed by atoms with E-state index in [2.05, 4.69) is 15.4 Å². The molecule has 3 heterocycles. The predicted octanol–water partition coefficient (Wildman–Crippen LogP) is 2.47. The molecule has 1 aliphatic heterocycles. The fraction of sp³-hybridized carbons (Fsp3) is 0.238. The van der Waals surface area contributed by atoms with Gasteiger partial charge in [-0.3, -0.25) is 14.5 Å². The third kappa shape index (κ3) is 4.11. The molecular weight excluding hydrogens is 368 g/mol. The number of nitrogens with zero attached hydrogens (tertiary/aromatic N) is 5. The molecule has 8 nitrogen and oxygen atoms in total. The van der Waals surface area contributed by atoms with E-state index in [4.69, 9.17) is 0 Å². The van der Waals surface area contributed by atoms with Crippen LogP contribution in [0.1, 0.15) is 10.5 Å². The summed E-state index contributed by atoms with van der Waals surface area (Å²) in [5, 5.41) is 7.22. The first-order valence-electron chi connectivity index (χ1n) is 9.46. The third-order valence-corrected chi connectivity index (χ3v) is 4.94. The summed E-state index contributed by atoms with van der Waals surface area (Å²) in [6.07, 6.45) is 3.25. The summed E-state index contributed by atoms with van der Waals surface area (Å²) in [6, 6.07) is 15.0. The summed E-state index contributed by atoms with van der Waals surface area (Å²) in [6.45, 7) is 1.87. The van der Waals surface area contributed by atoms with Crippen LogP contribution in [0.15, 0.2) is 60.9 Å². The molecule has 4 rings (SSSR count).